The third kappa shape index (κ3) is 5.02. The summed E-state index contributed by atoms with van der Waals surface area (Å²) in [6.45, 7) is 6.33. The lowest BCUT2D eigenvalue weighted by Gasteiger charge is -2.38. The van der Waals surface area contributed by atoms with E-state index in [1.54, 1.807) is 0 Å². The molecule has 2 aliphatic rings. The maximum Gasteiger partial charge on any atom is 0.171 e. The fourth-order valence-corrected chi connectivity index (χ4v) is 4.50. The van der Waals surface area contributed by atoms with Crippen LogP contribution in [0.1, 0.15) is 63.1 Å². The number of aryl methyl sites for hydroxylation is 1. The highest BCUT2D eigenvalue weighted by atomic mass is 32.1. The Morgan fingerprint density at radius 1 is 1.10 bits per heavy atom. The average molecular weight is 411 g/mol. The molecule has 29 heavy (non-hydrogen) atoms. The second-order valence-electron chi connectivity index (χ2n) is 8.81. The number of hydrogen-bond donors (Lipinski definition) is 2. The molecule has 4 nitrogen and oxygen atoms in total. The summed E-state index contributed by atoms with van der Waals surface area (Å²) in [6, 6.07) is 14.5. The highest BCUT2D eigenvalue weighted by molar-refractivity contribution is 7.80. The minimum atomic E-state index is -0.241. The van der Waals surface area contributed by atoms with Crippen LogP contribution in [-0.2, 0) is 0 Å². The molecule has 0 aromatic heterocycles. The maximum atomic E-state index is 6.15. The predicted octanol–water partition coefficient (Wildman–Crippen LogP) is 5.91. The molecule has 154 valence electrons. The van der Waals surface area contributed by atoms with E-state index < -0.39 is 0 Å². The molecule has 1 atom stereocenters. The van der Waals surface area contributed by atoms with Gasteiger partial charge in [0.25, 0.3) is 0 Å². The molecular weight excluding hydrogens is 380 g/mol. The Labute approximate surface area is 179 Å². The number of thiocarbonyl (C=S) groups is 1. The summed E-state index contributed by atoms with van der Waals surface area (Å²) in [4.78, 5) is 0. The second kappa shape index (κ2) is 8.23. The molecule has 0 spiro atoms. The van der Waals surface area contributed by atoms with Crippen LogP contribution in [0.15, 0.2) is 42.5 Å². The first-order valence-electron chi connectivity index (χ1n) is 10.5. The SMILES string of the molecule is Cc1ccc2c(c1)[C@@H](NC(=S)Nc1ccc(OC3CCCC3)cc1)CC(C)(C)O2. The zero-order valence-electron chi connectivity index (χ0n) is 17.5. The molecule has 4 rings (SSSR count). The summed E-state index contributed by atoms with van der Waals surface area (Å²) in [5, 5.41) is 7.41. The molecule has 1 aliphatic heterocycles. The summed E-state index contributed by atoms with van der Waals surface area (Å²) < 4.78 is 12.2. The van der Waals surface area contributed by atoms with Crippen molar-refractivity contribution < 1.29 is 9.47 Å². The Bertz CT molecular complexity index is 873. The van der Waals surface area contributed by atoms with Crippen LogP contribution in [0.25, 0.3) is 0 Å². The Hall–Kier alpha value is -2.27. The summed E-state index contributed by atoms with van der Waals surface area (Å²) >= 11 is 5.61. The van der Waals surface area contributed by atoms with Gasteiger partial charge < -0.3 is 20.1 Å². The Morgan fingerprint density at radius 2 is 1.83 bits per heavy atom. The molecule has 0 bridgehead atoms. The van der Waals surface area contributed by atoms with Gasteiger partial charge in [0.2, 0.25) is 0 Å². The van der Waals surface area contributed by atoms with Crippen molar-refractivity contribution in [3.8, 4) is 11.5 Å². The van der Waals surface area contributed by atoms with Gasteiger partial charge in [-0.15, -0.1) is 0 Å². The normalized spacial score (nSPS) is 20.4. The molecule has 5 heteroatoms. The third-order valence-corrected chi connectivity index (χ3v) is 5.87. The molecule has 1 fully saturated rings. The van der Waals surface area contributed by atoms with Gasteiger partial charge in [-0.05, 0) is 89.0 Å². The van der Waals surface area contributed by atoms with Crippen molar-refractivity contribution in [1.29, 1.82) is 0 Å². The molecule has 0 saturated heterocycles. The molecule has 2 N–H and O–H groups in total. The third-order valence-electron chi connectivity index (χ3n) is 5.65. The smallest absolute Gasteiger partial charge is 0.171 e. The average Bonchev–Trinajstić information content (AvgIpc) is 3.16. The topological polar surface area (TPSA) is 42.5 Å². The van der Waals surface area contributed by atoms with Crippen molar-refractivity contribution in [2.45, 2.75) is 70.6 Å². The van der Waals surface area contributed by atoms with Crippen molar-refractivity contribution >= 4 is 23.0 Å². The fraction of sp³-hybridized carbons (Fsp3) is 0.458. The molecule has 1 saturated carbocycles. The fourth-order valence-electron chi connectivity index (χ4n) is 4.24. The molecule has 0 amide bonds. The number of hydrogen-bond acceptors (Lipinski definition) is 3. The van der Waals surface area contributed by atoms with Crippen LogP contribution >= 0.6 is 12.2 Å². The zero-order valence-corrected chi connectivity index (χ0v) is 18.3. The standard InChI is InChI=1S/C24H30N2O2S/c1-16-8-13-22-20(14-16)21(15-24(2,3)28-22)26-23(29)25-17-9-11-19(12-10-17)27-18-6-4-5-7-18/h8-14,18,21H,4-7,15H2,1-3H3,(H2,25,26,29)/t21-/m0/s1. The summed E-state index contributed by atoms with van der Waals surface area (Å²) in [6.07, 6.45) is 6.09. The van der Waals surface area contributed by atoms with E-state index in [1.165, 1.54) is 18.4 Å². The van der Waals surface area contributed by atoms with Crippen LogP contribution in [-0.4, -0.2) is 16.8 Å². The van der Waals surface area contributed by atoms with Crippen LogP contribution in [0.4, 0.5) is 5.69 Å². The van der Waals surface area contributed by atoms with E-state index in [2.05, 4.69) is 49.6 Å². The molecule has 1 aliphatic carbocycles. The van der Waals surface area contributed by atoms with Crippen molar-refractivity contribution in [2.75, 3.05) is 5.32 Å². The van der Waals surface area contributed by atoms with E-state index in [0.29, 0.717) is 11.2 Å². The zero-order chi connectivity index (χ0) is 20.4. The maximum absolute atomic E-state index is 6.15. The highest BCUT2D eigenvalue weighted by Crippen LogP contribution is 2.39. The number of anilines is 1. The lowest BCUT2D eigenvalue weighted by Crippen LogP contribution is -2.42. The Morgan fingerprint density at radius 3 is 2.55 bits per heavy atom. The number of fused-ring (bicyclic) bond motifs is 1. The van der Waals surface area contributed by atoms with Gasteiger partial charge in [-0.25, -0.2) is 0 Å². The van der Waals surface area contributed by atoms with Crippen LogP contribution < -0.4 is 20.1 Å². The van der Waals surface area contributed by atoms with Gasteiger partial charge in [-0.1, -0.05) is 17.7 Å². The molecular formula is C24H30N2O2S. The van der Waals surface area contributed by atoms with Crippen LogP contribution in [0.2, 0.25) is 0 Å². The van der Waals surface area contributed by atoms with Crippen molar-refractivity contribution in [2.24, 2.45) is 0 Å². The Kier molecular flexibility index (Phi) is 5.68. The Balaban J connectivity index is 1.40. The first-order chi connectivity index (χ1) is 13.9. The van der Waals surface area contributed by atoms with Crippen molar-refractivity contribution in [1.82, 2.24) is 5.32 Å². The number of rotatable bonds is 4. The van der Waals surface area contributed by atoms with E-state index in [-0.39, 0.29) is 11.6 Å². The van der Waals surface area contributed by atoms with Crippen LogP contribution in [0.5, 0.6) is 11.5 Å². The lowest BCUT2D eigenvalue weighted by molar-refractivity contribution is 0.0696. The van der Waals surface area contributed by atoms with Crippen molar-refractivity contribution in [3.63, 3.8) is 0 Å². The van der Waals surface area contributed by atoms with Crippen LogP contribution in [0, 0.1) is 6.92 Å². The van der Waals surface area contributed by atoms with E-state index in [4.69, 9.17) is 21.7 Å². The minimum absolute atomic E-state index is 0.110. The largest absolute Gasteiger partial charge is 0.490 e. The molecule has 0 unspecified atom stereocenters. The molecule has 2 aromatic rings. The predicted molar refractivity (Wildman–Crippen MR) is 122 cm³/mol. The molecule has 1 heterocycles. The van der Waals surface area contributed by atoms with Gasteiger partial charge in [-0.3, -0.25) is 0 Å². The quantitative estimate of drug-likeness (QED) is 0.614. The number of benzene rings is 2. The van der Waals surface area contributed by atoms with E-state index in [1.807, 2.05) is 24.3 Å². The van der Waals surface area contributed by atoms with E-state index in [0.717, 1.165) is 42.0 Å². The summed E-state index contributed by atoms with van der Waals surface area (Å²) in [5.74, 6) is 1.86. The van der Waals surface area contributed by atoms with E-state index >= 15 is 0 Å². The monoisotopic (exact) mass is 410 g/mol. The highest BCUT2D eigenvalue weighted by Gasteiger charge is 2.34. The van der Waals surface area contributed by atoms with Gasteiger partial charge in [0.15, 0.2) is 5.11 Å². The number of nitrogens with one attached hydrogen (secondary N) is 2. The van der Waals surface area contributed by atoms with Crippen molar-refractivity contribution in [3.05, 3.63) is 53.6 Å². The van der Waals surface area contributed by atoms with Gasteiger partial charge in [0.1, 0.15) is 17.1 Å². The second-order valence-corrected chi connectivity index (χ2v) is 9.22. The van der Waals surface area contributed by atoms with Gasteiger partial charge in [0.05, 0.1) is 12.1 Å². The number of ether oxygens (including phenoxy) is 2. The van der Waals surface area contributed by atoms with E-state index in [9.17, 15) is 0 Å². The molecule has 0 radical (unpaired) electrons. The van der Waals surface area contributed by atoms with Crippen LogP contribution in [0.3, 0.4) is 0 Å². The lowest BCUT2D eigenvalue weighted by atomic mass is 9.89. The van der Waals surface area contributed by atoms with Gasteiger partial charge in [0, 0.05) is 17.7 Å². The minimum Gasteiger partial charge on any atom is -0.490 e. The first-order valence-corrected chi connectivity index (χ1v) is 10.9. The summed E-state index contributed by atoms with van der Waals surface area (Å²) in [7, 11) is 0. The van der Waals surface area contributed by atoms with Gasteiger partial charge in [-0.2, -0.15) is 0 Å². The van der Waals surface area contributed by atoms with Gasteiger partial charge >= 0.3 is 0 Å². The molecule has 2 aromatic carbocycles. The summed E-state index contributed by atoms with van der Waals surface area (Å²) in [5.41, 5.74) is 3.09. The first kappa shape index (κ1) is 20.0.